The van der Waals surface area contributed by atoms with Gasteiger partial charge < -0.3 is 20.7 Å². The van der Waals surface area contributed by atoms with Gasteiger partial charge in [0.2, 0.25) is 11.9 Å². The number of amides is 2. The van der Waals surface area contributed by atoms with Crippen LogP contribution in [-0.4, -0.2) is 58.1 Å². The lowest BCUT2D eigenvalue weighted by molar-refractivity contribution is -0.126. The van der Waals surface area contributed by atoms with E-state index in [1.165, 1.54) is 17.0 Å². The molecule has 9 nitrogen and oxygen atoms in total. The van der Waals surface area contributed by atoms with Crippen LogP contribution in [0.15, 0.2) is 30.5 Å². The van der Waals surface area contributed by atoms with Crippen molar-refractivity contribution in [1.82, 2.24) is 20.2 Å². The summed E-state index contributed by atoms with van der Waals surface area (Å²) in [5, 5.41) is 9.42. The van der Waals surface area contributed by atoms with Crippen molar-refractivity contribution in [3.63, 3.8) is 0 Å². The quantitative estimate of drug-likeness (QED) is 0.373. The van der Waals surface area contributed by atoms with E-state index in [-0.39, 0.29) is 23.7 Å². The Bertz CT molecular complexity index is 1240. The Morgan fingerprint density at radius 3 is 2.75 bits per heavy atom. The average Bonchev–Trinajstić information content (AvgIpc) is 2.89. The van der Waals surface area contributed by atoms with E-state index in [9.17, 15) is 14.0 Å². The number of rotatable bonds is 8. The summed E-state index contributed by atoms with van der Waals surface area (Å²) in [7, 11) is 1.57. The maximum absolute atomic E-state index is 13.6. The molecule has 1 aliphatic carbocycles. The first-order chi connectivity index (χ1) is 18.9. The normalized spacial score (nSPS) is 17.6. The predicted octanol–water partition coefficient (Wildman–Crippen LogP) is 5.46. The van der Waals surface area contributed by atoms with Gasteiger partial charge in [0.15, 0.2) is 0 Å². The Kier molecular flexibility index (Phi) is 10.7. The van der Waals surface area contributed by atoms with Crippen molar-refractivity contribution in [3.05, 3.63) is 41.8 Å². The van der Waals surface area contributed by atoms with E-state index in [1.807, 2.05) is 0 Å². The molecule has 0 saturated heterocycles. The fourth-order valence-corrected chi connectivity index (χ4v) is 4.23. The highest BCUT2D eigenvalue weighted by Crippen LogP contribution is 2.25. The van der Waals surface area contributed by atoms with E-state index >= 15 is 0 Å². The van der Waals surface area contributed by atoms with E-state index in [0.717, 1.165) is 38.6 Å². The Morgan fingerprint density at radius 2 is 2.05 bits per heavy atom. The van der Waals surface area contributed by atoms with Crippen molar-refractivity contribution < 1.29 is 18.7 Å². The molecule has 1 aromatic heterocycles. The molecule has 3 N–H and O–H groups in total. The first kappa shape index (κ1) is 30.7. The van der Waals surface area contributed by atoms with Gasteiger partial charge in [0, 0.05) is 31.2 Å². The molecule has 3 rings (SSSR count). The summed E-state index contributed by atoms with van der Waals surface area (Å²) < 4.78 is 18.9. The summed E-state index contributed by atoms with van der Waals surface area (Å²) in [4.78, 5) is 35.5. The zero-order valence-electron chi connectivity index (χ0n) is 24.3. The number of hydrogen-bond donors (Lipinski definition) is 3. The number of carbonyl (C=O) groups excluding carboxylic acids is 2. The van der Waals surface area contributed by atoms with Crippen LogP contribution in [0.3, 0.4) is 0 Å². The average molecular weight is 553 g/mol. The molecule has 10 heteroatoms. The molecule has 0 radical (unpaired) electrons. The first-order valence-corrected chi connectivity index (χ1v) is 13.9. The summed E-state index contributed by atoms with van der Waals surface area (Å²) in [5.74, 6) is 7.09. The van der Waals surface area contributed by atoms with E-state index in [0.29, 0.717) is 23.0 Å². The third-order valence-electron chi connectivity index (χ3n) is 6.49. The number of ether oxygens (including phenoxy) is 1. The second kappa shape index (κ2) is 14.0. The van der Waals surface area contributed by atoms with Gasteiger partial charge in [-0.3, -0.25) is 9.69 Å². The van der Waals surface area contributed by atoms with Crippen LogP contribution in [0.5, 0.6) is 0 Å². The summed E-state index contributed by atoms with van der Waals surface area (Å²) in [6.07, 6.45) is 5.50. The molecule has 1 saturated carbocycles. The molecular formula is C30H41FN6O3. The van der Waals surface area contributed by atoms with Crippen molar-refractivity contribution in [2.75, 3.05) is 24.2 Å². The third kappa shape index (κ3) is 9.40. The number of likely N-dealkylation sites (N-methyl/N-ethyl adjacent to an activating group) is 1. The van der Waals surface area contributed by atoms with Gasteiger partial charge in [0.1, 0.15) is 23.3 Å². The van der Waals surface area contributed by atoms with Crippen LogP contribution in [0, 0.1) is 23.6 Å². The molecular weight excluding hydrogens is 511 g/mol. The van der Waals surface area contributed by atoms with Crippen molar-refractivity contribution in [2.24, 2.45) is 5.92 Å². The molecule has 0 spiro atoms. The highest BCUT2D eigenvalue weighted by atomic mass is 19.1. The Balaban J connectivity index is 1.64. The van der Waals surface area contributed by atoms with Crippen LogP contribution in [0.1, 0.15) is 72.3 Å². The number of nitrogens with one attached hydrogen (secondary N) is 3. The molecule has 2 aromatic rings. The van der Waals surface area contributed by atoms with Crippen LogP contribution in [0.2, 0.25) is 0 Å². The van der Waals surface area contributed by atoms with Gasteiger partial charge in [0.25, 0.3) is 0 Å². The van der Waals surface area contributed by atoms with Crippen molar-refractivity contribution >= 4 is 29.5 Å². The number of anilines is 3. The largest absolute Gasteiger partial charge is 0.444 e. The van der Waals surface area contributed by atoms with Crippen molar-refractivity contribution in [1.29, 1.82) is 0 Å². The molecule has 1 heterocycles. The zero-order chi connectivity index (χ0) is 29.3. The lowest BCUT2D eigenvalue weighted by Gasteiger charge is -2.31. The maximum atomic E-state index is 13.6. The van der Waals surface area contributed by atoms with E-state index < -0.39 is 17.7 Å². The number of aromatic nitrogens is 2. The lowest BCUT2D eigenvalue weighted by atomic mass is 9.86. The number of halogens is 1. The number of benzene rings is 1. The van der Waals surface area contributed by atoms with Crippen LogP contribution in [0.4, 0.5) is 26.6 Å². The van der Waals surface area contributed by atoms with Crippen LogP contribution in [0.25, 0.3) is 0 Å². The highest BCUT2D eigenvalue weighted by molar-refractivity contribution is 5.85. The number of nitrogens with zero attached hydrogens (tertiary/aromatic N) is 3. The molecule has 3 atom stereocenters. The first-order valence-electron chi connectivity index (χ1n) is 13.9. The lowest BCUT2D eigenvalue weighted by Crippen LogP contribution is -2.50. The molecule has 1 aromatic carbocycles. The van der Waals surface area contributed by atoms with Crippen molar-refractivity contribution in [3.8, 4) is 11.8 Å². The molecule has 0 unspecified atom stereocenters. The van der Waals surface area contributed by atoms with Crippen LogP contribution >= 0.6 is 0 Å². The summed E-state index contributed by atoms with van der Waals surface area (Å²) in [6.45, 7) is 9.85. The van der Waals surface area contributed by atoms with E-state index in [4.69, 9.17) is 4.74 Å². The maximum Gasteiger partial charge on any atom is 0.410 e. The standard InChI is InChI=1S/C30H41FN6O3/c1-7-16-32-26-22(19-33-28(36-26)35-25-13-9-11-23(31)18-25)15-14-21-10-8-12-24(17-21)34-27(38)20(2)37(6)29(39)40-30(3,4)5/h9,11,13,18-21,24H,7-8,10,12,16-17H2,1-6H3,(H,34,38)(H2,32,33,35,36)/t20-,21-,24-/m0/s1. The Hall–Kier alpha value is -3.87. The van der Waals surface area contributed by atoms with E-state index in [2.05, 4.69) is 44.7 Å². The third-order valence-corrected chi connectivity index (χ3v) is 6.49. The number of carbonyl (C=O) groups is 2. The molecule has 40 heavy (non-hydrogen) atoms. The highest BCUT2D eigenvalue weighted by Gasteiger charge is 2.29. The Labute approximate surface area is 236 Å². The molecule has 1 aliphatic rings. The van der Waals surface area contributed by atoms with Crippen LogP contribution < -0.4 is 16.0 Å². The fraction of sp³-hybridized carbons (Fsp3) is 0.533. The van der Waals surface area contributed by atoms with Gasteiger partial charge in [-0.15, -0.1) is 0 Å². The minimum absolute atomic E-state index is 0.0261. The second-order valence-corrected chi connectivity index (χ2v) is 11.1. The molecule has 0 aliphatic heterocycles. The summed E-state index contributed by atoms with van der Waals surface area (Å²) in [6, 6.07) is 5.43. The zero-order valence-corrected chi connectivity index (χ0v) is 24.3. The van der Waals surface area contributed by atoms with Gasteiger partial charge >= 0.3 is 6.09 Å². The molecule has 1 fully saturated rings. The minimum Gasteiger partial charge on any atom is -0.444 e. The topological polar surface area (TPSA) is 108 Å². The molecule has 2 amide bonds. The number of hydrogen-bond acceptors (Lipinski definition) is 7. The Morgan fingerprint density at radius 1 is 1.27 bits per heavy atom. The SMILES string of the molecule is CCCNc1nc(Nc2cccc(F)c2)ncc1C#C[C@@H]1CCC[C@H](NC(=O)[C@H](C)N(C)C(=O)OC(C)(C)C)C1. The summed E-state index contributed by atoms with van der Waals surface area (Å²) in [5.41, 5.74) is 0.602. The predicted molar refractivity (Wildman–Crippen MR) is 155 cm³/mol. The minimum atomic E-state index is -0.662. The second-order valence-electron chi connectivity index (χ2n) is 11.1. The van der Waals surface area contributed by atoms with Crippen LogP contribution in [-0.2, 0) is 9.53 Å². The van der Waals surface area contributed by atoms with Crippen molar-refractivity contribution in [2.45, 2.75) is 84.4 Å². The van der Waals surface area contributed by atoms with Gasteiger partial charge in [-0.1, -0.05) is 31.3 Å². The molecule has 216 valence electrons. The van der Waals surface area contributed by atoms with Gasteiger partial charge in [0.05, 0.1) is 11.8 Å². The smallest absolute Gasteiger partial charge is 0.410 e. The van der Waals surface area contributed by atoms with Gasteiger partial charge in [-0.25, -0.2) is 14.2 Å². The summed E-state index contributed by atoms with van der Waals surface area (Å²) >= 11 is 0. The van der Waals surface area contributed by atoms with Gasteiger partial charge in [-0.2, -0.15) is 4.98 Å². The fourth-order valence-electron chi connectivity index (χ4n) is 4.23. The monoisotopic (exact) mass is 552 g/mol. The van der Waals surface area contributed by atoms with E-state index in [1.54, 1.807) is 53.1 Å². The molecule has 0 bridgehead atoms. The van der Waals surface area contributed by atoms with Gasteiger partial charge in [-0.05, 0) is 71.6 Å².